The molecule has 0 radical (unpaired) electrons. The molecule has 2 heterocycles. The van der Waals surface area contributed by atoms with Gasteiger partial charge in [-0.1, -0.05) is 0 Å². The van der Waals surface area contributed by atoms with E-state index in [2.05, 4.69) is 30.9 Å². The lowest BCUT2D eigenvalue weighted by Gasteiger charge is -2.08. The van der Waals surface area contributed by atoms with Gasteiger partial charge in [0.15, 0.2) is 5.82 Å². The summed E-state index contributed by atoms with van der Waals surface area (Å²) >= 11 is 9.23. The number of ether oxygens (including phenoxy) is 1. The summed E-state index contributed by atoms with van der Waals surface area (Å²) in [6.07, 6.45) is 3.06. The molecule has 0 saturated carbocycles. The first-order valence-electron chi connectivity index (χ1n) is 5.87. The predicted molar refractivity (Wildman–Crippen MR) is 78.5 cm³/mol. The number of aromatic nitrogens is 3. The van der Waals surface area contributed by atoms with Crippen molar-refractivity contribution in [1.82, 2.24) is 15.0 Å². The molecule has 0 fully saturated rings. The van der Waals surface area contributed by atoms with Gasteiger partial charge in [0, 0.05) is 16.9 Å². The monoisotopic (exact) mass is 355 g/mol. The number of carbonyl (C=O) groups is 1. The number of rotatable bonds is 4. The molecular weight excluding hydrogens is 346 g/mol. The highest BCUT2D eigenvalue weighted by molar-refractivity contribution is 9.10. The molecule has 7 heteroatoms. The van der Waals surface area contributed by atoms with Crippen LogP contribution in [0.3, 0.4) is 0 Å². The number of alkyl halides is 1. The largest absolute Gasteiger partial charge is 0.462 e. The zero-order chi connectivity index (χ0) is 14.5. The average molecular weight is 357 g/mol. The van der Waals surface area contributed by atoms with E-state index in [1.54, 1.807) is 19.2 Å². The first kappa shape index (κ1) is 14.9. The first-order chi connectivity index (χ1) is 9.67. The fraction of sp³-hybridized carbons (Fsp3) is 0.231. The van der Waals surface area contributed by atoms with Crippen molar-refractivity contribution in [2.75, 3.05) is 6.61 Å². The summed E-state index contributed by atoms with van der Waals surface area (Å²) in [4.78, 5) is 24.4. The summed E-state index contributed by atoms with van der Waals surface area (Å²) in [5.41, 5.74) is 1.29. The second kappa shape index (κ2) is 6.76. The Morgan fingerprint density at radius 1 is 1.45 bits per heavy atom. The van der Waals surface area contributed by atoms with E-state index in [1.165, 1.54) is 6.20 Å². The van der Waals surface area contributed by atoms with Crippen molar-refractivity contribution in [3.05, 3.63) is 40.3 Å². The van der Waals surface area contributed by atoms with Gasteiger partial charge in [0.2, 0.25) is 0 Å². The molecule has 0 saturated heterocycles. The number of carbonyl (C=O) groups excluding carboxylic acids is 1. The Bertz CT molecular complexity index is 637. The molecule has 2 aromatic heterocycles. The second-order valence-electron chi connectivity index (χ2n) is 3.74. The minimum absolute atomic E-state index is 0.0914. The van der Waals surface area contributed by atoms with Crippen molar-refractivity contribution in [2.45, 2.75) is 12.8 Å². The summed E-state index contributed by atoms with van der Waals surface area (Å²) in [6.45, 7) is 2.02. The SMILES string of the molecule is CCOC(=O)c1cnc(-c2ncccc2Br)nc1CCl. The molecule has 20 heavy (non-hydrogen) atoms. The van der Waals surface area contributed by atoms with Crippen molar-refractivity contribution in [1.29, 1.82) is 0 Å². The third-order valence-corrected chi connectivity index (χ3v) is 3.35. The van der Waals surface area contributed by atoms with Crippen LogP contribution in [0.5, 0.6) is 0 Å². The van der Waals surface area contributed by atoms with E-state index in [4.69, 9.17) is 16.3 Å². The molecule has 0 bridgehead atoms. The van der Waals surface area contributed by atoms with Crippen molar-refractivity contribution in [3.8, 4) is 11.5 Å². The van der Waals surface area contributed by atoms with Crippen LogP contribution < -0.4 is 0 Å². The molecule has 0 aromatic carbocycles. The molecule has 0 aliphatic rings. The molecule has 0 aliphatic carbocycles. The van der Waals surface area contributed by atoms with Gasteiger partial charge in [0.05, 0.1) is 18.2 Å². The van der Waals surface area contributed by atoms with Gasteiger partial charge in [-0.3, -0.25) is 4.98 Å². The van der Waals surface area contributed by atoms with Crippen LogP contribution in [0.25, 0.3) is 11.5 Å². The lowest BCUT2D eigenvalue weighted by atomic mass is 10.2. The lowest BCUT2D eigenvalue weighted by molar-refractivity contribution is 0.0524. The van der Waals surface area contributed by atoms with Crippen molar-refractivity contribution in [2.24, 2.45) is 0 Å². The Morgan fingerprint density at radius 3 is 2.90 bits per heavy atom. The fourth-order valence-corrected chi connectivity index (χ4v) is 2.20. The van der Waals surface area contributed by atoms with Gasteiger partial charge in [-0.05, 0) is 35.0 Å². The standard InChI is InChI=1S/C13H11BrClN3O2/c1-2-20-13(19)8-7-17-12(18-10(8)6-15)11-9(14)4-3-5-16-11/h3-5,7H,2,6H2,1H3. The molecule has 104 valence electrons. The highest BCUT2D eigenvalue weighted by atomic mass is 79.9. The van der Waals surface area contributed by atoms with Gasteiger partial charge in [0.1, 0.15) is 11.3 Å². The maximum absolute atomic E-state index is 11.8. The zero-order valence-corrected chi connectivity index (χ0v) is 13.0. The highest BCUT2D eigenvalue weighted by Crippen LogP contribution is 2.23. The van der Waals surface area contributed by atoms with Crippen LogP contribution in [0.4, 0.5) is 0 Å². The first-order valence-corrected chi connectivity index (χ1v) is 7.20. The molecular formula is C13H11BrClN3O2. The van der Waals surface area contributed by atoms with Gasteiger partial charge in [0.25, 0.3) is 0 Å². The van der Waals surface area contributed by atoms with Gasteiger partial charge in [-0.2, -0.15) is 0 Å². The predicted octanol–water partition coefficient (Wildman–Crippen LogP) is 3.22. The maximum Gasteiger partial charge on any atom is 0.341 e. The Hall–Kier alpha value is -1.53. The minimum Gasteiger partial charge on any atom is -0.462 e. The van der Waals surface area contributed by atoms with E-state index in [0.29, 0.717) is 17.2 Å². The average Bonchev–Trinajstić information content (AvgIpc) is 2.47. The van der Waals surface area contributed by atoms with Gasteiger partial charge in [-0.15, -0.1) is 11.6 Å². The smallest absolute Gasteiger partial charge is 0.341 e. The Balaban J connectivity index is 2.45. The fourth-order valence-electron chi connectivity index (χ4n) is 1.56. The third kappa shape index (κ3) is 3.13. The second-order valence-corrected chi connectivity index (χ2v) is 4.86. The van der Waals surface area contributed by atoms with Crippen molar-refractivity contribution >= 4 is 33.5 Å². The van der Waals surface area contributed by atoms with Crippen LogP contribution in [0.15, 0.2) is 29.0 Å². The zero-order valence-electron chi connectivity index (χ0n) is 10.6. The van der Waals surface area contributed by atoms with Crippen LogP contribution in [-0.2, 0) is 10.6 Å². The summed E-state index contributed by atoms with van der Waals surface area (Å²) < 4.78 is 5.71. The van der Waals surface area contributed by atoms with E-state index in [-0.39, 0.29) is 18.1 Å². The van der Waals surface area contributed by atoms with Gasteiger partial charge in [-0.25, -0.2) is 14.8 Å². The minimum atomic E-state index is -0.477. The molecule has 2 rings (SSSR count). The topological polar surface area (TPSA) is 65.0 Å². The molecule has 2 aromatic rings. The van der Waals surface area contributed by atoms with Gasteiger partial charge >= 0.3 is 5.97 Å². The molecule has 0 unspecified atom stereocenters. The van der Waals surface area contributed by atoms with E-state index >= 15 is 0 Å². The Labute approximate surface area is 129 Å². The number of nitrogens with zero attached hydrogens (tertiary/aromatic N) is 3. The maximum atomic E-state index is 11.8. The molecule has 0 amide bonds. The lowest BCUT2D eigenvalue weighted by Crippen LogP contribution is -2.10. The third-order valence-electron chi connectivity index (χ3n) is 2.46. The molecule has 0 spiro atoms. The van der Waals surface area contributed by atoms with Crippen LogP contribution in [-0.4, -0.2) is 27.5 Å². The summed E-state index contributed by atoms with van der Waals surface area (Å²) in [6, 6.07) is 3.63. The summed E-state index contributed by atoms with van der Waals surface area (Å²) in [5.74, 6) is 0.0182. The summed E-state index contributed by atoms with van der Waals surface area (Å²) in [5, 5.41) is 0. The number of hydrogen-bond acceptors (Lipinski definition) is 5. The van der Waals surface area contributed by atoms with Crippen LogP contribution in [0, 0.1) is 0 Å². The number of hydrogen-bond donors (Lipinski definition) is 0. The Morgan fingerprint density at radius 2 is 2.25 bits per heavy atom. The van der Waals surface area contributed by atoms with E-state index in [1.807, 2.05) is 6.07 Å². The van der Waals surface area contributed by atoms with E-state index < -0.39 is 5.97 Å². The normalized spacial score (nSPS) is 10.3. The number of pyridine rings is 1. The van der Waals surface area contributed by atoms with Crippen molar-refractivity contribution in [3.63, 3.8) is 0 Å². The highest BCUT2D eigenvalue weighted by Gasteiger charge is 2.17. The van der Waals surface area contributed by atoms with E-state index in [9.17, 15) is 4.79 Å². The molecule has 0 N–H and O–H groups in total. The molecule has 0 aliphatic heterocycles. The van der Waals surface area contributed by atoms with Crippen LogP contribution in [0.1, 0.15) is 23.0 Å². The van der Waals surface area contributed by atoms with E-state index in [0.717, 1.165) is 4.47 Å². The Kier molecular flexibility index (Phi) is 5.03. The van der Waals surface area contributed by atoms with Gasteiger partial charge < -0.3 is 4.74 Å². The molecule has 5 nitrogen and oxygen atoms in total. The molecule has 0 atom stereocenters. The van der Waals surface area contributed by atoms with Crippen LogP contribution >= 0.6 is 27.5 Å². The number of esters is 1. The summed E-state index contributed by atoms with van der Waals surface area (Å²) in [7, 11) is 0. The van der Waals surface area contributed by atoms with Crippen molar-refractivity contribution < 1.29 is 9.53 Å². The van der Waals surface area contributed by atoms with Crippen LogP contribution in [0.2, 0.25) is 0 Å². The number of halogens is 2. The quantitative estimate of drug-likeness (QED) is 0.621.